The van der Waals surface area contributed by atoms with Gasteiger partial charge in [0.1, 0.15) is 6.10 Å². The monoisotopic (exact) mass is 299 g/mol. The third kappa shape index (κ3) is 3.42. The molecule has 0 atom stereocenters. The second kappa shape index (κ2) is 5.83. The number of rotatable bonds is 3. The molecule has 0 radical (unpaired) electrons. The normalized spacial score (nSPS) is 24.6. The highest BCUT2D eigenvalue weighted by atomic mass is 79.9. The molecule has 94 valence electrons. The number of aliphatic hydroxyl groups excluding tert-OH is 1. The topological polar surface area (TPSA) is 42.4 Å². The molecule has 1 N–H and O–H groups in total. The van der Waals surface area contributed by atoms with Gasteiger partial charge >= 0.3 is 0 Å². The third-order valence-corrected chi connectivity index (χ3v) is 3.74. The SMILES string of the molecule is CC1CCC(Oc2ncc(Br)cc2CO)CC1. The van der Waals surface area contributed by atoms with Crippen LogP contribution >= 0.6 is 15.9 Å². The van der Waals surface area contributed by atoms with Gasteiger partial charge in [-0.1, -0.05) is 6.92 Å². The molecule has 1 saturated carbocycles. The predicted molar refractivity (Wildman–Crippen MR) is 69.9 cm³/mol. The highest BCUT2D eigenvalue weighted by Gasteiger charge is 2.20. The van der Waals surface area contributed by atoms with Crippen LogP contribution in [0.5, 0.6) is 5.88 Å². The van der Waals surface area contributed by atoms with E-state index in [1.54, 1.807) is 6.20 Å². The standard InChI is InChI=1S/C13H18BrNO2/c1-9-2-4-12(5-3-9)17-13-10(8-16)6-11(14)7-15-13/h6-7,9,12,16H,2-5,8H2,1H3. The van der Waals surface area contributed by atoms with E-state index in [0.717, 1.165) is 28.8 Å². The predicted octanol–water partition coefficient (Wildman–Crippen LogP) is 3.29. The summed E-state index contributed by atoms with van der Waals surface area (Å²) in [6.07, 6.45) is 6.57. The van der Waals surface area contributed by atoms with E-state index in [9.17, 15) is 5.11 Å². The zero-order valence-corrected chi connectivity index (χ0v) is 11.6. The highest BCUT2D eigenvalue weighted by molar-refractivity contribution is 9.10. The van der Waals surface area contributed by atoms with Crippen molar-refractivity contribution in [2.75, 3.05) is 0 Å². The minimum absolute atomic E-state index is 0.0368. The lowest BCUT2D eigenvalue weighted by Crippen LogP contribution is -2.24. The quantitative estimate of drug-likeness (QED) is 0.931. The first-order chi connectivity index (χ1) is 8.19. The van der Waals surface area contributed by atoms with Crippen LogP contribution in [0.4, 0.5) is 0 Å². The van der Waals surface area contributed by atoms with Crippen molar-refractivity contribution in [3.8, 4) is 5.88 Å². The molecule has 1 aromatic rings. The number of aliphatic hydroxyl groups is 1. The first-order valence-corrected chi connectivity index (χ1v) is 6.90. The van der Waals surface area contributed by atoms with Crippen LogP contribution in [0.2, 0.25) is 0 Å². The van der Waals surface area contributed by atoms with Gasteiger partial charge in [0.2, 0.25) is 5.88 Å². The van der Waals surface area contributed by atoms with Crippen molar-refractivity contribution in [1.82, 2.24) is 4.98 Å². The molecule has 0 amide bonds. The van der Waals surface area contributed by atoms with Crippen molar-refractivity contribution in [1.29, 1.82) is 0 Å². The maximum Gasteiger partial charge on any atom is 0.219 e. The summed E-state index contributed by atoms with van der Waals surface area (Å²) >= 11 is 3.34. The lowest BCUT2D eigenvalue weighted by atomic mass is 9.89. The molecule has 0 bridgehead atoms. The van der Waals surface area contributed by atoms with E-state index in [-0.39, 0.29) is 12.7 Å². The van der Waals surface area contributed by atoms with Gasteiger partial charge in [0.25, 0.3) is 0 Å². The van der Waals surface area contributed by atoms with E-state index in [1.807, 2.05) is 6.07 Å². The molecule has 1 heterocycles. The smallest absolute Gasteiger partial charge is 0.219 e. The number of ether oxygens (including phenoxy) is 1. The Balaban J connectivity index is 2.03. The van der Waals surface area contributed by atoms with Gasteiger partial charge < -0.3 is 9.84 Å². The van der Waals surface area contributed by atoms with Gasteiger partial charge in [-0.25, -0.2) is 4.98 Å². The Morgan fingerprint density at radius 3 is 2.76 bits per heavy atom. The van der Waals surface area contributed by atoms with Crippen molar-refractivity contribution in [3.63, 3.8) is 0 Å². The Kier molecular flexibility index (Phi) is 4.40. The summed E-state index contributed by atoms with van der Waals surface area (Å²) < 4.78 is 6.76. The summed E-state index contributed by atoms with van der Waals surface area (Å²) in [7, 11) is 0. The third-order valence-electron chi connectivity index (χ3n) is 3.30. The van der Waals surface area contributed by atoms with Crippen LogP contribution in [-0.4, -0.2) is 16.2 Å². The van der Waals surface area contributed by atoms with Gasteiger partial charge in [-0.3, -0.25) is 0 Å². The van der Waals surface area contributed by atoms with Gasteiger partial charge in [0, 0.05) is 16.2 Å². The van der Waals surface area contributed by atoms with Crippen molar-refractivity contribution in [3.05, 3.63) is 22.3 Å². The number of pyridine rings is 1. The minimum atomic E-state index is -0.0368. The number of aromatic nitrogens is 1. The molecule has 3 nitrogen and oxygen atoms in total. The van der Waals surface area contributed by atoms with E-state index in [1.165, 1.54) is 12.8 Å². The van der Waals surface area contributed by atoms with Gasteiger partial charge in [0.05, 0.1) is 6.61 Å². The van der Waals surface area contributed by atoms with Crippen LogP contribution in [-0.2, 0) is 6.61 Å². The number of halogens is 1. The molecule has 2 rings (SSSR count). The summed E-state index contributed by atoms with van der Waals surface area (Å²) in [6.45, 7) is 2.25. The van der Waals surface area contributed by atoms with Crippen LogP contribution in [0.3, 0.4) is 0 Å². The van der Waals surface area contributed by atoms with Crippen LogP contribution in [0, 0.1) is 5.92 Å². The van der Waals surface area contributed by atoms with E-state index in [2.05, 4.69) is 27.8 Å². The van der Waals surface area contributed by atoms with E-state index in [0.29, 0.717) is 5.88 Å². The molecule has 0 unspecified atom stereocenters. The van der Waals surface area contributed by atoms with E-state index < -0.39 is 0 Å². The Bertz CT molecular complexity index is 376. The summed E-state index contributed by atoms with van der Waals surface area (Å²) in [5, 5.41) is 9.27. The van der Waals surface area contributed by atoms with Crippen molar-refractivity contribution >= 4 is 15.9 Å². The molecular formula is C13H18BrNO2. The molecule has 1 fully saturated rings. The molecular weight excluding hydrogens is 282 g/mol. The first kappa shape index (κ1) is 12.8. The van der Waals surface area contributed by atoms with Crippen molar-refractivity contribution < 1.29 is 9.84 Å². The fourth-order valence-corrected chi connectivity index (χ4v) is 2.57. The molecule has 0 aromatic carbocycles. The van der Waals surface area contributed by atoms with Crippen LogP contribution in [0.1, 0.15) is 38.2 Å². The van der Waals surface area contributed by atoms with E-state index in [4.69, 9.17) is 4.74 Å². The second-order valence-electron chi connectivity index (χ2n) is 4.78. The molecule has 1 aliphatic carbocycles. The van der Waals surface area contributed by atoms with Gasteiger partial charge in [0.15, 0.2) is 0 Å². The molecule has 0 aliphatic heterocycles. The Labute approximate surface area is 110 Å². The summed E-state index contributed by atoms with van der Waals surface area (Å²) in [5.41, 5.74) is 0.748. The average molecular weight is 300 g/mol. The zero-order chi connectivity index (χ0) is 12.3. The van der Waals surface area contributed by atoms with Gasteiger partial charge in [-0.05, 0) is 53.6 Å². The molecule has 4 heteroatoms. The van der Waals surface area contributed by atoms with Crippen LogP contribution < -0.4 is 4.74 Å². The van der Waals surface area contributed by atoms with Crippen LogP contribution in [0.25, 0.3) is 0 Å². The highest BCUT2D eigenvalue weighted by Crippen LogP contribution is 2.28. The molecule has 17 heavy (non-hydrogen) atoms. The lowest BCUT2D eigenvalue weighted by Gasteiger charge is -2.27. The zero-order valence-electron chi connectivity index (χ0n) is 10.0. The lowest BCUT2D eigenvalue weighted by molar-refractivity contribution is 0.126. The maximum atomic E-state index is 9.27. The Hall–Kier alpha value is -0.610. The fourth-order valence-electron chi connectivity index (χ4n) is 2.19. The number of nitrogens with zero attached hydrogens (tertiary/aromatic N) is 1. The van der Waals surface area contributed by atoms with Gasteiger partial charge in [-0.15, -0.1) is 0 Å². The molecule has 1 aromatic heterocycles. The molecule has 0 spiro atoms. The van der Waals surface area contributed by atoms with Crippen molar-refractivity contribution in [2.24, 2.45) is 5.92 Å². The largest absolute Gasteiger partial charge is 0.474 e. The van der Waals surface area contributed by atoms with E-state index >= 15 is 0 Å². The van der Waals surface area contributed by atoms with Crippen molar-refractivity contribution in [2.45, 2.75) is 45.3 Å². The summed E-state index contributed by atoms with van der Waals surface area (Å²) in [4.78, 5) is 4.23. The maximum absolute atomic E-state index is 9.27. The molecule has 1 aliphatic rings. The minimum Gasteiger partial charge on any atom is -0.474 e. The summed E-state index contributed by atoms with van der Waals surface area (Å²) in [6, 6.07) is 1.85. The first-order valence-electron chi connectivity index (χ1n) is 6.11. The van der Waals surface area contributed by atoms with Gasteiger partial charge in [-0.2, -0.15) is 0 Å². The summed E-state index contributed by atoms with van der Waals surface area (Å²) in [5.74, 6) is 1.39. The Morgan fingerprint density at radius 2 is 2.12 bits per heavy atom. The number of hydrogen-bond donors (Lipinski definition) is 1. The molecule has 0 saturated heterocycles. The Morgan fingerprint density at radius 1 is 1.41 bits per heavy atom. The number of hydrogen-bond acceptors (Lipinski definition) is 3. The fraction of sp³-hybridized carbons (Fsp3) is 0.615. The average Bonchev–Trinajstić information content (AvgIpc) is 2.34. The van der Waals surface area contributed by atoms with Crippen LogP contribution in [0.15, 0.2) is 16.7 Å². The second-order valence-corrected chi connectivity index (χ2v) is 5.69.